The standard InChI is InChI=1S/C24H27N5O2S/c1-15-16(2)29(19-12-8-5-9-13-19)24(25-15)32-14-20-26-27-23(30-20)21-17(3)31-28-22(21)18-10-6-4-7-11-18/h4,6-7,10-11,19H,5,8-9,12-14H2,1-3H3. The van der Waals surface area contributed by atoms with Gasteiger partial charge in [-0.1, -0.05) is 66.5 Å². The van der Waals surface area contributed by atoms with Crippen molar-refractivity contribution in [1.82, 2.24) is 24.9 Å². The third-order valence-electron chi connectivity index (χ3n) is 6.21. The minimum Gasteiger partial charge on any atom is -0.420 e. The Labute approximate surface area is 191 Å². The molecule has 0 aliphatic heterocycles. The molecule has 7 nitrogen and oxygen atoms in total. The Morgan fingerprint density at radius 1 is 1.03 bits per heavy atom. The van der Waals surface area contributed by atoms with Crippen LogP contribution < -0.4 is 0 Å². The van der Waals surface area contributed by atoms with Gasteiger partial charge in [-0.25, -0.2) is 4.98 Å². The van der Waals surface area contributed by atoms with Gasteiger partial charge in [0.2, 0.25) is 5.89 Å². The first-order valence-corrected chi connectivity index (χ1v) is 12.1. The average molecular weight is 450 g/mol. The first-order chi connectivity index (χ1) is 15.6. The van der Waals surface area contributed by atoms with Crippen LogP contribution in [-0.2, 0) is 5.75 Å². The second-order valence-electron chi connectivity index (χ2n) is 8.35. The van der Waals surface area contributed by atoms with E-state index in [9.17, 15) is 0 Å². The van der Waals surface area contributed by atoms with Crippen LogP contribution in [-0.4, -0.2) is 24.9 Å². The molecule has 0 N–H and O–H groups in total. The van der Waals surface area contributed by atoms with Crippen molar-refractivity contribution in [3.05, 3.63) is 53.4 Å². The van der Waals surface area contributed by atoms with Crippen molar-refractivity contribution in [3.63, 3.8) is 0 Å². The van der Waals surface area contributed by atoms with Crippen molar-refractivity contribution in [2.24, 2.45) is 0 Å². The predicted molar refractivity (Wildman–Crippen MR) is 123 cm³/mol. The lowest BCUT2D eigenvalue weighted by molar-refractivity contribution is 0.332. The predicted octanol–water partition coefficient (Wildman–Crippen LogP) is 6.31. The smallest absolute Gasteiger partial charge is 0.253 e. The molecule has 1 fully saturated rings. The molecule has 0 amide bonds. The fourth-order valence-electron chi connectivity index (χ4n) is 4.42. The summed E-state index contributed by atoms with van der Waals surface area (Å²) in [7, 11) is 0. The van der Waals surface area contributed by atoms with Gasteiger partial charge in [-0.2, -0.15) is 0 Å². The van der Waals surface area contributed by atoms with Crippen molar-refractivity contribution < 1.29 is 8.94 Å². The fraction of sp³-hybridized carbons (Fsp3) is 0.417. The molecular formula is C24H27N5O2S. The molecule has 0 atom stereocenters. The maximum atomic E-state index is 6.04. The van der Waals surface area contributed by atoms with Crippen molar-refractivity contribution in [1.29, 1.82) is 0 Å². The number of imidazole rings is 1. The molecule has 3 aromatic heterocycles. The maximum absolute atomic E-state index is 6.04. The highest BCUT2D eigenvalue weighted by Gasteiger charge is 2.24. The lowest BCUT2D eigenvalue weighted by Gasteiger charge is -2.25. The molecule has 0 unspecified atom stereocenters. The molecule has 0 saturated heterocycles. The first-order valence-electron chi connectivity index (χ1n) is 11.1. The maximum Gasteiger partial charge on any atom is 0.253 e. The van der Waals surface area contributed by atoms with Gasteiger partial charge in [0.15, 0.2) is 5.16 Å². The van der Waals surface area contributed by atoms with E-state index in [-0.39, 0.29) is 0 Å². The van der Waals surface area contributed by atoms with Crippen molar-refractivity contribution in [3.8, 4) is 22.7 Å². The summed E-state index contributed by atoms with van der Waals surface area (Å²) in [6.45, 7) is 6.12. The van der Waals surface area contributed by atoms with Crippen LogP contribution in [0.1, 0.15) is 61.2 Å². The van der Waals surface area contributed by atoms with E-state index < -0.39 is 0 Å². The Hall–Kier alpha value is -2.87. The highest BCUT2D eigenvalue weighted by molar-refractivity contribution is 7.98. The van der Waals surface area contributed by atoms with Crippen LogP contribution in [0.4, 0.5) is 0 Å². The van der Waals surface area contributed by atoms with Gasteiger partial charge < -0.3 is 13.5 Å². The van der Waals surface area contributed by atoms with Crippen LogP contribution in [0.5, 0.6) is 0 Å². The topological polar surface area (TPSA) is 82.8 Å². The van der Waals surface area contributed by atoms with Crippen molar-refractivity contribution in [2.75, 3.05) is 0 Å². The summed E-state index contributed by atoms with van der Waals surface area (Å²) in [5.41, 5.74) is 4.77. The van der Waals surface area contributed by atoms with E-state index in [2.05, 4.69) is 33.8 Å². The Bertz CT molecular complexity index is 1200. The molecule has 1 aliphatic rings. The molecule has 32 heavy (non-hydrogen) atoms. The van der Waals surface area contributed by atoms with E-state index in [1.165, 1.54) is 37.8 Å². The summed E-state index contributed by atoms with van der Waals surface area (Å²) in [4.78, 5) is 4.84. The molecule has 0 spiro atoms. The van der Waals surface area contributed by atoms with Gasteiger partial charge in [-0.3, -0.25) is 0 Å². The van der Waals surface area contributed by atoms with Gasteiger partial charge in [-0.05, 0) is 33.6 Å². The zero-order chi connectivity index (χ0) is 22.1. The number of benzene rings is 1. The molecule has 166 valence electrons. The lowest BCUT2D eigenvalue weighted by atomic mass is 9.95. The molecule has 1 saturated carbocycles. The molecule has 1 aliphatic carbocycles. The van der Waals surface area contributed by atoms with E-state index >= 15 is 0 Å². The third kappa shape index (κ3) is 3.99. The SMILES string of the molecule is Cc1nc(SCc2nnc(-c3c(-c4ccccc4)noc3C)o2)n(C2CCCCC2)c1C. The van der Waals surface area contributed by atoms with Gasteiger partial charge in [0.05, 0.1) is 11.4 Å². The second kappa shape index (κ2) is 8.94. The van der Waals surface area contributed by atoms with Gasteiger partial charge in [0, 0.05) is 17.3 Å². The molecule has 8 heteroatoms. The summed E-state index contributed by atoms with van der Waals surface area (Å²) in [5.74, 6) is 2.23. The van der Waals surface area contributed by atoms with Crippen LogP contribution in [0, 0.1) is 20.8 Å². The fourth-order valence-corrected chi connectivity index (χ4v) is 5.42. The molecule has 0 radical (unpaired) electrons. The van der Waals surface area contributed by atoms with Crippen molar-refractivity contribution in [2.45, 2.75) is 69.8 Å². The van der Waals surface area contributed by atoms with Crippen LogP contribution in [0.25, 0.3) is 22.7 Å². The quantitative estimate of drug-likeness (QED) is 0.319. The third-order valence-corrected chi connectivity index (χ3v) is 7.15. The van der Waals surface area contributed by atoms with Gasteiger partial charge in [-0.15, -0.1) is 10.2 Å². The minimum absolute atomic E-state index is 0.432. The minimum atomic E-state index is 0.432. The normalized spacial score (nSPS) is 14.8. The number of aromatic nitrogens is 5. The Morgan fingerprint density at radius 2 is 1.81 bits per heavy atom. The van der Waals surface area contributed by atoms with E-state index in [1.807, 2.05) is 37.3 Å². The number of hydrogen-bond acceptors (Lipinski definition) is 7. The van der Waals surface area contributed by atoms with Crippen LogP contribution >= 0.6 is 11.8 Å². The Balaban J connectivity index is 1.37. The van der Waals surface area contributed by atoms with E-state index in [0.29, 0.717) is 35.0 Å². The van der Waals surface area contributed by atoms with E-state index in [4.69, 9.17) is 13.9 Å². The van der Waals surface area contributed by atoms with E-state index in [0.717, 1.165) is 22.0 Å². The number of hydrogen-bond donors (Lipinski definition) is 0. The van der Waals surface area contributed by atoms with Crippen molar-refractivity contribution >= 4 is 11.8 Å². The highest BCUT2D eigenvalue weighted by Crippen LogP contribution is 2.36. The number of thioether (sulfide) groups is 1. The average Bonchev–Trinajstić information content (AvgIpc) is 3.51. The monoisotopic (exact) mass is 449 g/mol. The molecular weight excluding hydrogens is 422 g/mol. The summed E-state index contributed by atoms with van der Waals surface area (Å²) in [5, 5.41) is 13.8. The summed E-state index contributed by atoms with van der Waals surface area (Å²) >= 11 is 1.66. The molecule has 0 bridgehead atoms. The zero-order valence-corrected chi connectivity index (χ0v) is 19.5. The first kappa shape index (κ1) is 21.0. The summed E-state index contributed by atoms with van der Waals surface area (Å²) in [6, 6.07) is 10.4. The largest absolute Gasteiger partial charge is 0.420 e. The zero-order valence-electron chi connectivity index (χ0n) is 18.7. The molecule has 1 aromatic carbocycles. The molecule has 5 rings (SSSR count). The second-order valence-corrected chi connectivity index (χ2v) is 9.29. The van der Waals surface area contributed by atoms with Crippen LogP contribution in [0.3, 0.4) is 0 Å². The Kier molecular flexibility index (Phi) is 5.87. The lowest BCUT2D eigenvalue weighted by Crippen LogP contribution is -2.15. The van der Waals surface area contributed by atoms with Crippen LogP contribution in [0.2, 0.25) is 0 Å². The molecule has 4 aromatic rings. The van der Waals surface area contributed by atoms with Gasteiger partial charge in [0.25, 0.3) is 5.89 Å². The summed E-state index contributed by atoms with van der Waals surface area (Å²) in [6.07, 6.45) is 6.37. The van der Waals surface area contributed by atoms with E-state index in [1.54, 1.807) is 11.8 Å². The number of aryl methyl sites for hydroxylation is 2. The number of nitrogens with zero attached hydrogens (tertiary/aromatic N) is 5. The summed E-state index contributed by atoms with van der Waals surface area (Å²) < 4.78 is 13.9. The highest BCUT2D eigenvalue weighted by atomic mass is 32.2. The van der Waals surface area contributed by atoms with Gasteiger partial charge >= 0.3 is 0 Å². The Morgan fingerprint density at radius 3 is 2.59 bits per heavy atom. The van der Waals surface area contributed by atoms with Crippen LogP contribution in [0.15, 0.2) is 44.4 Å². The van der Waals surface area contributed by atoms with Gasteiger partial charge in [0.1, 0.15) is 17.0 Å². The number of rotatable bonds is 6. The molecule has 3 heterocycles.